The lowest BCUT2D eigenvalue weighted by Gasteiger charge is -2.14. The number of phenolic OH excluding ortho intramolecular Hbond substituents is 1. The number of carbonyl (C=O) groups excluding carboxylic acids is 1. The first kappa shape index (κ1) is 19.6. The van der Waals surface area contributed by atoms with Gasteiger partial charge >= 0.3 is 6.09 Å². The Hall–Kier alpha value is -3.73. The van der Waals surface area contributed by atoms with Gasteiger partial charge in [-0.25, -0.2) is 4.79 Å². The molecule has 0 aliphatic heterocycles. The molecular weight excluding hydrogens is 378 g/mol. The van der Waals surface area contributed by atoms with E-state index in [1.54, 1.807) is 37.5 Å². The zero-order valence-electron chi connectivity index (χ0n) is 16.7. The van der Waals surface area contributed by atoms with Gasteiger partial charge in [0.2, 0.25) is 0 Å². The predicted molar refractivity (Wildman–Crippen MR) is 117 cm³/mol. The van der Waals surface area contributed by atoms with E-state index in [0.717, 1.165) is 0 Å². The monoisotopic (exact) mass is 401 g/mol. The first-order valence-electron chi connectivity index (χ1n) is 9.80. The summed E-state index contributed by atoms with van der Waals surface area (Å²) in [6.07, 6.45) is 2.99. The molecule has 0 spiro atoms. The number of ether oxygens (including phenoxy) is 2. The molecule has 0 heterocycles. The van der Waals surface area contributed by atoms with Crippen LogP contribution in [0, 0.1) is 0 Å². The van der Waals surface area contributed by atoms with E-state index in [-0.39, 0.29) is 24.8 Å². The third-order valence-electron chi connectivity index (χ3n) is 5.24. The van der Waals surface area contributed by atoms with Crippen molar-refractivity contribution < 1.29 is 19.4 Å². The molecule has 152 valence electrons. The van der Waals surface area contributed by atoms with Gasteiger partial charge in [0.05, 0.1) is 7.11 Å². The fraction of sp³-hybridized carbons (Fsp3) is 0.160. The highest BCUT2D eigenvalue weighted by Gasteiger charge is 2.28. The summed E-state index contributed by atoms with van der Waals surface area (Å²) < 4.78 is 10.6. The van der Waals surface area contributed by atoms with Gasteiger partial charge in [-0.15, -0.1) is 0 Å². The second-order valence-corrected chi connectivity index (χ2v) is 7.03. The highest BCUT2D eigenvalue weighted by atomic mass is 16.5. The van der Waals surface area contributed by atoms with E-state index >= 15 is 0 Å². The van der Waals surface area contributed by atoms with Crippen LogP contribution < -0.4 is 10.1 Å². The Kier molecular flexibility index (Phi) is 5.70. The van der Waals surface area contributed by atoms with Crippen molar-refractivity contribution >= 4 is 12.2 Å². The Morgan fingerprint density at radius 2 is 1.70 bits per heavy atom. The van der Waals surface area contributed by atoms with Gasteiger partial charge in [-0.3, -0.25) is 0 Å². The minimum Gasteiger partial charge on any atom is -0.507 e. The van der Waals surface area contributed by atoms with Gasteiger partial charge in [0, 0.05) is 18.0 Å². The maximum absolute atomic E-state index is 12.2. The molecule has 0 saturated heterocycles. The van der Waals surface area contributed by atoms with E-state index in [1.807, 2.05) is 24.3 Å². The van der Waals surface area contributed by atoms with Gasteiger partial charge in [-0.1, -0.05) is 60.7 Å². The van der Waals surface area contributed by atoms with Gasteiger partial charge in [-0.05, 0) is 40.5 Å². The molecule has 3 aromatic carbocycles. The molecular formula is C25H23NO4. The number of hydrogen-bond acceptors (Lipinski definition) is 4. The van der Waals surface area contributed by atoms with E-state index < -0.39 is 6.09 Å². The Bertz CT molecular complexity index is 1040. The summed E-state index contributed by atoms with van der Waals surface area (Å²) in [5, 5.41) is 12.6. The Morgan fingerprint density at radius 3 is 2.37 bits per heavy atom. The minimum atomic E-state index is -0.476. The molecule has 0 unspecified atom stereocenters. The van der Waals surface area contributed by atoms with Crippen molar-refractivity contribution in [2.45, 2.75) is 5.92 Å². The Balaban J connectivity index is 1.34. The maximum Gasteiger partial charge on any atom is 0.407 e. The van der Waals surface area contributed by atoms with Crippen LogP contribution >= 0.6 is 0 Å². The van der Waals surface area contributed by atoms with Crippen LogP contribution in [0.5, 0.6) is 11.5 Å². The molecule has 4 rings (SSSR count). The van der Waals surface area contributed by atoms with Crippen molar-refractivity contribution in [3.8, 4) is 22.6 Å². The van der Waals surface area contributed by atoms with Crippen LogP contribution in [-0.2, 0) is 4.74 Å². The van der Waals surface area contributed by atoms with Gasteiger partial charge in [0.15, 0.2) is 0 Å². The summed E-state index contributed by atoms with van der Waals surface area (Å²) in [7, 11) is 1.57. The average Bonchev–Trinajstić information content (AvgIpc) is 3.10. The van der Waals surface area contributed by atoms with Crippen molar-refractivity contribution in [2.24, 2.45) is 0 Å². The van der Waals surface area contributed by atoms with Crippen LogP contribution in [0.1, 0.15) is 22.6 Å². The third-order valence-corrected chi connectivity index (χ3v) is 5.24. The van der Waals surface area contributed by atoms with Crippen LogP contribution in [0.25, 0.3) is 17.2 Å². The predicted octanol–water partition coefficient (Wildman–Crippen LogP) is 4.95. The summed E-state index contributed by atoms with van der Waals surface area (Å²) in [4.78, 5) is 12.2. The first-order valence-corrected chi connectivity index (χ1v) is 9.80. The number of carbonyl (C=O) groups is 1. The average molecular weight is 401 g/mol. The molecule has 3 aromatic rings. The summed E-state index contributed by atoms with van der Waals surface area (Å²) >= 11 is 0. The van der Waals surface area contributed by atoms with Gasteiger partial charge in [-0.2, -0.15) is 0 Å². The molecule has 0 saturated carbocycles. The highest BCUT2D eigenvalue weighted by Crippen LogP contribution is 2.44. The van der Waals surface area contributed by atoms with Gasteiger partial charge in [0.1, 0.15) is 18.1 Å². The summed E-state index contributed by atoms with van der Waals surface area (Å²) in [6, 6.07) is 21.4. The lowest BCUT2D eigenvalue weighted by Crippen LogP contribution is -2.26. The van der Waals surface area contributed by atoms with Crippen molar-refractivity contribution in [3.63, 3.8) is 0 Å². The number of rotatable bonds is 6. The number of alkyl carbamates (subject to hydrolysis) is 1. The lowest BCUT2D eigenvalue weighted by atomic mass is 9.98. The number of phenols is 1. The molecule has 30 heavy (non-hydrogen) atoms. The Morgan fingerprint density at radius 1 is 1.03 bits per heavy atom. The number of benzene rings is 3. The number of amides is 1. The van der Waals surface area contributed by atoms with Crippen LogP contribution in [-0.4, -0.2) is 31.5 Å². The second-order valence-electron chi connectivity index (χ2n) is 7.03. The van der Waals surface area contributed by atoms with Crippen molar-refractivity contribution in [1.82, 2.24) is 5.32 Å². The largest absolute Gasteiger partial charge is 0.507 e. The molecule has 0 bridgehead atoms. The zero-order valence-corrected chi connectivity index (χ0v) is 16.7. The summed E-state index contributed by atoms with van der Waals surface area (Å²) in [5.74, 6) is 0.831. The van der Waals surface area contributed by atoms with E-state index in [9.17, 15) is 9.90 Å². The second kappa shape index (κ2) is 8.74. The molecule has 2 N–H and O–H groups in total. The van der Waals surface area contributed by atoms with Gasteiger partial charge in [0.25, 0.3) is 0 Å². The summed E-state index contributed by atoms with van der Waals surface area (Å²) in [5.41, 5.74) is 5.37. The SMILES string of the molecule is COc1ccc(O)c(C=CCNC(=O)OCC2c3ccccc3-c3ccccc32)c1. The lowest BCUT2D eigenvalue weighted by molar-refractivity contribution is 0.144. The highest BCUT2D eigenvalue weighted by molar-refractivity contribution is 5.79. The van der Waals surface area contributed by atoms with Crippen molar-refractivity contribution in [3.05, 3.63) is 89.5 Å². The van der Waals surface area contributed by atoms with Crippen LogP contribution in [0.4, 0.5) is 4.79 Å². The molecule has 1 aliphatic rings. The van der Waals surface area contributed by atoms with Crippen LogP contribution in [0.2, 0.25) is 0 Å². The fourth-order valence-electron chi connectivity index (χ4n) is 3.77. The van der Waals surface area contributed by atoms with E-state index in [1.165, 1.54) is 22.3 Å². The molecule has 1 amide bonds. The minimum absolute atomic E-state index is 0.0347. The number of aromatic hydroxyl groups is 1. The zero-order chi connectivity index (χ0) is 20.9. The fourth-order valence-corrected chi connectivity index (χ4v) is 3.77. The van der Waals surface area contributed by atoms with Gasteiger partial charge < -0.3 is 19.9 Å². The van der Waals surface area contributed by atoms with E-state index in [2.05, 4.69) is 29.6 Å². The Labute approximate surface area is 175 Å². The molecule has 5 heteroatoms. The number of hydrogen-bond donors (Lipinski definition) is 2. The number of nitrogens with one attached hydrogen (secondary N) is 1. The third kappa shape index (κ3) is 4.01. The molecule has 1 aliphatic carbocycles. The van der Waals surface area contributed by atoms with Crippen LogP contribution in [0.3, 0.4) is 0 Å². The smallest absolute Gasteiger partial charge is 0.407 e. The van der Waals surface area contributed by atoms with Crippen molar-refractivity contribution in [1.29, 1.82) is 0 Å². The molecule has 0 fully saturated rings. The standard InChI is InChI=1S/C25H23NO4/c1-29-18-12-13-24(27)17(15-18)7-6-14-26-25(28)30-16-23-21-10-4-2-8-19(21)20-9-3-5-11-22(20)23/h2-13,15,23,27H,14,16H2,1H3,(H,26,28). The van der Waals surface area contributed by atoms with Crippen LogP contribution in [0.15, 0.2) is 72.8 Å². The number of methoxy groups -OCH3 is 1. The maximum atomic E-state index is 12.2. The molecule has 0 atom stereocenters. The molecule has 5 nitrogen and oxygen atoms in total. The first-order chi connectivity index (χ1) is 14.7. The topological polar surface area (TPSA) is 67.8 Å². The summed E-state index contributed by atoms with van der Waals surface area (Å²) in [6.45, 7) is 0.563. The normalized spacial score (nSPS) is 12.4. The van der Waals surface area contributed by atoms with E-state index in [0.29, 0.717) is 11.3 Å². The molecule has 0 aromatic heterocycles. The van der Waals surface area contributed by atoms with E-state index in [4.69, 9.17) is 9.47 Å². The number of fused-ring (bicyclic) bond motifs is 3. The quantitative estimate of drug-likeness (QED) is 0.613. The molecule has 0 radical (unpaired) electrons. The van der Waals surface area contributed by atoms with Crippen molar-refractivity contribution in [2.75, 3.05) is 20.3 Å².